The summed E-state index contributed by atoms with van der Waals surface area (Å²) in [5.41, 5.74) is 8.31. The van der Waals surface area contributed by atoms with Gasteiger partial charge in [0.1, 0.15) is 0 Å². The predicted molar refractivity (Wildman–Crippen MR) is 82.1 cm³/mol. The van der Waals surface area contributed by atoms with Gasteiger partial charge >= 0.3 is 0 Å². The molecule has 0 aromatic heterocycles. The standard InChI is InChI=1S/C16H21N3O2/c17-8-1-2-15(20)18-13-6-5-11-7-9-19(14(11)10-13)16(21)12-3-4-12/h5-6,10,12H,1-4,7-9,17H2,(H,18,20). The van der Waals surface area contributed by atoms with E-state index in [1.807, 2.05) is 23.1 Å². The maximum Gasteiger partial charge on any atom is 0.230 e. The zero-order valence-corrected chi connectivity index (χ0v) is 12.1. The van der Waals surface area contributed by atoms with E-state index in [2.05, 4.69) is 5.32 Å². The molecule has 1 fully saturated rings. The Hall–Kier alpha value is -1.88. The van der Waals surface area contributed by atoms with Crippen LogP contribution in [-0.2, 0) is 16.0 Å². The van der Waals surface area contributed by atoms with E-state index in [9.17, 15) is 9.59 Å². The number of nitrogens with one attached hydrogen (secondary N) is 1. The third kappa shape index (κ3) is 3.08. The first-order valence-corrected chi connectivity index (χ1v) is 7.63. The van der Waals surface area contributed by atoms with E-state index in [1.165, 1.54) is 5.56 Å². The van der Waals surface area contributed by atoms with Gasteiger partial charge in [0, 0.05) is 30.3 Å². The van der Waals surface area contributed by atoms with Gasteiger partial charge in [0.2, 0.25) is 11.8 Å². The number of rotatable bonds is 5. The molecule has 3 rings (SSSR count). The first-order chi connectivity index (χ1) is 10.2. The van der Waals surface area contributed by atoms with Gasteiger partial charge in [-0.05, 0) is 49.9 Å². The Morgan fingerprint density at radius 3 is 2.86 bits per heavy atom. The molecule has 5 nitrogen and oxygen atoms in total. The molecule has 1 aromatic rings. The minimum absolute atomic E-state index is 0.0292. The van der Waals surface area contributed by atoms with Crippen LogP contribution in [0.15, 0.2) is 18.2 Å². The summed E-state index contributed by atoms with van der Waals surface area (Å²) in [7, 11) is 0. The highest BCUT2D eigenvalue weighted by Gasteiger charge is 2.36. The van der Waals surface area contributed by atoms with Gasteiger partial charge in [0.15, 0.2) is 0 Å². The molecule has 21 heavy (non-hydrogen) atoms. The van der Waals surface area contributed by atoms with Crippen molar-refractivity contribution in [3.63, 3.8) is 0 Å². The molecule has 0 bridgehead atoms. The maximum absolute atomic E-state index is 12.3. The van der Waals surface area contributed by atoms with Crippen LogP contribution in [0.2, 0.25) is 0 Å². The highest BCUT2D eigenvalue weighted by atomic mass is 16.2. The number of hydrogen-bond acceptors (Lipinski definition) is 3. The molecule has 1 aromatic carbocycles. The van der Waals surface area contributed by atoms with Gasteiger partial charge in [-0.15, -0.1) is 0 Å². The topological polar surface area (TPSA) is 75.4 Å². The molecule has 3 N–H and O–H groups in total. The predicted octanol–water partition coefficient (Wildman–Crippen LogP) is 1.66. The van der Waals surface area contributed by atoms with Gasteiger partial charge < -0.3 is 16.0 Å². The van der Waals surface area contributed by atoms with Gasteiger partial charge in [-0.2, -0.15) is 0 Å². The first kappa shape index (κ1) is 14.1. The molecule has 0 atom stereocenters. The molecule has 5 heteroatoms. The number of carbonyl (C=O) groups is 2. The molecular weight excluding hydrogens is 266 g/mol. The number of hydrogen-bond donors (Lipinski definition) is 2. The fraction of sp³-hybridized carbons (Fsp3) is 0.500. The van der Waals surface area contributed by atoms with E-state index in [1.54, 1.807) is 0 Å². The smallest absolute Gasteiger partial charge is 0.230 e. The summed E-state index contributed by atoms with van der Waals surface area (Å²) < 4.78 is 0. The second kappa shape index (κ2) is 5.85. The van der Waals surface area contributed by atoms with E-state index in [0.717, 1.165) is 37.2 Å². The molecule has 0 unspecified atom stereocenters. The van der Waals surface area contributed by atoms with E-state index >= 15 is 0 Å². The molecular formula is C16H21N3O2. The maximum atomic E-state index is 12.3. The normalized spacial score (nSPS) is 16.7. The van der Waals surface area contributed by atoms with Gasteiger partial charge in [0.25, 0.3) is 0 Å². The average Bonchev–Trinajstić information content (AvgIpc) is 3.24. The fourth-order valence-electron chi connectivity index (χ4n) is 2.72. The van der Waals surface area contributed by atoms with Crippen molar-refractivity contribution in [2.45, 2.75) is 32.1 Å². The second-order valence-electron chi connectivity index (χ2n) is 5.80. The third-order valence-corrected chi connectivity index (χ3v) is 4.07. The van der Waals surface area contributed by atoms with Crippen LogP contribution in [-0.4, -0.2) is 24.9 Å². The molecule has 112 valence electrons. The number of fused-ring (bicyclic) bond motifs is 1. The lowest BCUT2D eigenvalue weighted by molar-refractivity contribution is -0.119. The Morgan fingerprint density at radius 2 is 2.14 bits per heavy atom. The molecule has 0 radical (unpaired) electrons. The molecule has 1 aliphatic heterocycles. The van der Waals surface area contributed by atoms with Crippen LogP contribution in [0.5, 0.6) is 0 Å². The van der Waals surface area contributed by atoms with Crippen molar-refractivity contribution in [2.24, 2.45) is 11.7 Å². The lowest BCUT2D eigenvalue weighted by Crippen LogP contribution is -2.30. The van der Waals surface area contributed by atoms with Crippen LogP contribution in [0.3, 0.4) is 0 Å². The number of amides is 2. The monoisotopic (exact) mass is 287 g/mol. The van der Waals surface area contributed by atoms with Crippen molar-refractivity contribution in [2.75, 3.05) is 23.3 Å². The minimum Gasteiger partial charge on any atom is -0.330 e. The molecule has 2 aliphatic rings. The van der Waals surface area contributed by atoms with Crippen LogP contribution < -0.4 is 16.0 Å². The zero-order valence-electron chi connectivity index (χ0n) is 12.1. The van der Waals surface area contributed by atoms with E-state index in [-0.39, 0.29) is 17.7 Å². The van der Waals surface area contributed by atoms with Crippen LogP contribution >= 0.6 is 0 Å². The van der Waals surface area contributed by atoms with Crippen molar-refractivity contribution in [1.29, 1.82) is 0 Å². The van der Waals surface area contributed by atoms with Crippen molar-refractivity contribution >= 4 is 23.2 Å². The summed E-state index contributed by atoms with van der Waals surface area (Å²) >= 11 is 0. The quantitative estimate of drug-likeness (QED) is 0.865. The average molecular weight is 287 g/mol. The Kier molecular flexibility index (Phi) is 3.92. The lowest BCUT2D eigenvalue weighted by Gasteiger charge is -2.18. The van der Waals surface area contributed by atoms with Crippen LogP contribution in [0.25, 0.3) is 0 Å². The van der Waals surface area contributed by atoms with Gasteiger partial charge in [-0.1, -0.05) is 6.07 Å². The summed E-state index contributed by atoms with van der Waals surface area (Å²) in [6.45, 7) is 1.27. The highest BCUT2D eigenvalue weighted by Crippen LogP contribution is 2.37. The number of carbonyl (C=O) groups excluding carboxylic acids is 2. The van der Waals surface area contributed by atoms with Crippen LogP contribution in [0.1, 0.15) is 31.2 Å². The number of anilines is 2. The summed E-state index contributed by atoms with van der Waals surface area (Å²) in [6.07, 6.45) is 4.04. The number of nitrogens with two attached hydrogens (primary N) is 1. The second-order valence-corrected chi connectivity index (χ2v) is 5.80. The van der Waals surface area contributed by atoms with Crippen LogP contribution in [0.4, 0.5) is 11.4 Å². The van der Waals surface area contributed by atoms with Crippen molar-refractivity contribution in [1.82, 2.24) is 0 Å². The SMILES string of the molecule is NCCCC(=O)Nc1ccc2c(c1)N(C(=O)C1CC1)CC2. The summed E-state index contributed by atoms with van der Waals surface area (Å²) in [5.74, 6) is 0.428. The molecule has 1 aliphatic carbocycles. The lowest BCUT2D eigenvalue weighted by atomic mass is 10.1. The number of nitrogens with zero attached hydrogens (tertiary/aromatic N) is 1. The van der Waals surface area contributed by atoms with Crippen molar-refractivity contribution in [3.8, 4) is 0 Å². The molecule has 2 amide bonds. The summed E-state index contributed by atoms with van der Waals surface area (Å²) in [5, 5.41) is 2.88. The fourth-order valence-corrected chi connectivity index (χ4v) is 2.72. The Labute approximate surface area is 124 Å². The van der Waals surface area contributed by atoms with E-state index < -0.39 is 0 Å². The molecule has 0 spiro atoms. The first-order valence-electron chi connectivity index (χ1n) is 7.63. The largest absolute Gasteiger partial charge is 0.330 e. The Bertz CT molecular complexity index is 567. The van der Waals surface area contributed by atoms with Gasteiger partial charge in [0.05, 0.1) is 0 Å². The summed E-state index contributed by atoms with van der Waals surface area (Å²) in [4.78, 5) is 25.9. The van der Waals surface area contributed by atoms with Crippen LogP contribution in [0, 0.1) is 5.92 Å². The molecule has 1 heterocycles. The van der Waals surface area contributed by atoms with Gasteiger partial charge in [-0.25, -0.2) is 0 Å². The molecule has 0 saturated heterocycles. The van der Waals surface area contributed by atoms with E-state index in [0.29, 0.717) is 19.4 Å². The molecule has 1 saturated carbocycles. The number of benzene rings is 1. The van der Waals surface area contributed by atoms with E-state index in [4.69, 9.17) is 5.73 Å². The zero-order chi connectivity index (χ0) is 14.8. The third-order valence-electron chi connectivity index (χ3n) is 4.07. The minimum atomic E-state index is -0.0292. The van der Waals surface area contributed by atoms with Crippen molar-refractivity contribution < 1.29 is 9.59 Å². The summed E-state index contributed by atoms with van der Waals surface area (Å²) in [6, 6.07) is 5.83. The Morgan fingerprint density at radius 1 is 1.33 bits per heavy atom. The van der Waals surface area contributed by atoms with Crippen molar-refractivity contribution in [3.05, 3.63) is 23.8 Å². The van der Waals surface area contributed by atoms with Gasteiger partial charge in [-0.3, -0.25) is 9.59 Å². The Balaban J connectivity index is 1.72. The highest BCUT2D eigenvalue weighted by molar-refractivity contribution is 5.99.